The first-order valence-corrected chi connectivity index (χ1v) is 9.24. The molecule has 1 aliphatic carbocycles. The summed E-state index contributed by atoms with van der Waals surface area (Å²) in [7, 11) is -4.00. The lowest BCUT2D eigenvalue weighted by molar-refractivity contribution is 0.0949. The molecular weight excluding hydrogens is 334 g/mol. The summed E-state index contributed by atoms with van der Waals surface area (Å²) in [5.41, 5.74) is 3.38. The third-order valence-corrected chi connectivity index (χ3v) is 6.11. The average molecular weight is 347 g/mol. The molecule has 0 saturated carbocycles. The van der Waals surface area contributed by atoms with Crippen LogP contribution in [-0.4, -0.2) is 14.3 Å². The highest BCUT2D eigenvalue weighted by Crippen LogP contribution is 2.30. The molecule has 0 saturated heterocycles. The van der Waals surface area contributed by atoms with E-state index in [-0.39, 0.29) is 10.5 Å². The van der Waals surface area contributed by atoms with Gasteiger partial charge in [-0.15, -0.1) is 16.2 Å². The minimum Gasteiger partial charge on any atom is -0.273 e. The van der Waals surface area contributed by atoms with Crippen LogP contribution in [0.2, 0.25) is 0 Å². The van der Waals surface area contributed by atoms with E-state index in [4.69, 9.17) is 5.26 Å². The molecule has 1 amide bonds. The first-order valence-electron chi connectivity index (χ1n) is 6.94. The first-order chi connectivity index (χ1) is 11.0. The highest BCUT2D eigenvalue weighted by Gasteiger charge is 2.22. The summed E-state index contributed by atoms with van der Waals surface area (Å²) in [6.45, 7) is 0. The number of hydrazine groups is 1. The monoisotopic (exact) mass is 347 g/mol. The SMILES string of the molecule is N#Cc1ccccc1S(=O)(=O)NNC(=O)c1cc2c(s1)CCC2. The second kappa shape index (κ2) is 6.12. The van der Waals surface area contributed by atoms with Gasteiger partial charge in [0.1, 0.15) is 11.0 Å². The van der Waals surface area contributed by atoms with Crippen LogP contribution in [0.4, 0.5) is 0 Å². The minimum absolute atomic E-state index is 0.0179. The predicted molar refractivity (Wildman–Crippen MR) is 85.3 cm³/mol. The fourth-order valence-corrected chi connectivity index (χ4v) is 4.61. The average Bonchev–Trinajstić information content (AvgIpc) is 3.14. The summed E-state index contributed by atoms with van der Waals surface area (Å²) in [5, 5.41) is 8.98. The third-order valence-electron chi connectivity index (χ3n) is 3.57. The molecule has 0 radical (unpaired) electrons. The topological polar surface area (TPSA) is 99.1 Å². The van der Waals surface area contributed by atoms with Gasteiger partial charge < -0.3 is 0 Å². The molecule has 1 aliphatic rings. The lowest BCUT2D eigenvalue weighted by Crippen LogP contribution is -2.41. The van der Waals surface area contributed by atoms with Gasteiger partial charge in [-0.25, -0.2) is 8.42 Å². The van der Waals surface area contributed by atoms with Crippen LogP contribution in [0.15, 0.2) is 35.2 Å². The molecule has 8 heteroatoms. The van der Waals surface area contributed by atoms with Crippen molar-refractivity contribution in [3.8, 4) is 6.07 Å². The largest absolute Gasteiger partial charge is 0.276 e. The van der Waals surface area contributed by atoms with E-state index in [1.165, 1.54) is 34.4 Å². The summed E-state index contributed by atoms with van der Waals surface area (Å²) in [6, 6.07) is 9.43. The Morgan fingerprint density at radius 3 is 2.78 bits per heavy atom. The van der Waals surface area contributed by atoms with Gasteiger partial charge >= 0.3 is 0 Å². The highest BCUT2D eigenvalue weighted by atomic mass is 32.2. The molecule has 3 rings (SSSR count). The van der Waals surface area contributed by atoms with Crippen LogP contribution in [0.1, 0.15) is 32.1 Å². The van der Waals surface area contributed by atoms with Gasteiger partial charge in [0.15, 0.2) is 0 Å². The summed E-state index contributed by atoms with van der Waals surface area (Å²) in [4.78, 5) is 15.6. The van der Waals surface area contributed by atoms with Gasteiger partial charge in [-0.05, 0) is 43.0 Å². The van der Waals surface area contributed by atoms with Crippen LogP contribution in [0, 0.1) is 11.3 Å². The molecule has 23 heavy (non-hydrogen) atoms. The number of fused-ring (bicyclic) bond motifs is 1. The number of nitriles is 1. The van der Waals surface area contributed by atoms with Crippen molar-refractivity contribution >= 4 is 27.3 Å². The van der Waals surface area contributed by atoms with Crippen LogP contribution >= 0.6 is 11.3 Å². The third kappa shape index (κ3) is 3.12. The quantitative estimate of drug-likeness (QED) is 0.823. The molecule has 2 N–H and O–H groups in total. The second-order valence-corrected chi connectivity index (χ2v) is 7.87. The minimum atomic E-state index is -4.00. The Balaban J connectivity index is 1.74. The molecule has 1 aromatic carbocycles. The van der Waals surface area contributed by atoms with E-state index in [0.717, 1.165) is 24.8 Å². The van der Waals surface area contributed by atoms with Crippen LogP contribution in [0.3, 0.4) is 0 Å². The molecule has 6 nitrogen and oxygen atoms in total. The molecular formula is C15H13N3O3S2. The van der Waals surface area contributed by atoms with Crippen molar-refractivity contribution in [1.29, 1.82) is 5.26 Å². The summed E-state index contributed by atoms with van der Waals surface area (Å²) in [5.74, 6) is -0.498. The number of amides is 1. The highest BCUT2D eigenvalue weighted by molar-refractivity contribution is 7.89. The van der Waals surface area contributed by atoms with Crippen LogP contribution in [-0.2, 0) is 22.9 Å². The van der Waals surface area contributed by atoms with Gasteiger partial charge in [-0.2, -0.15) is 5.26 Å². The molecule has 118 valence electrons. The zero-order valence-electron chi connectivity index (χ0n) is 12.0. The van der Waals surface area contributed by atoms with Gasteiger partial charge in [-0.3, -0.25) is 10.2 Å². The van der Waals surface area contributed by atoms with Crippen molar-refractivity contribution in [3.05, 3.63) is 51.2 Å². The maximum Gasteiger partial charge on any atom is 0.276 e. The summed E-state index contributed by atoms with van der Waals surface area (Å²) < 4.78 is 24.4. The number of benzene rings is 1. The lowest BCUT2D eigenvalue weighted by Gasteiger charge is -2.08. The molecule has 0 bridgehead atoms. The van der Waals surface area contributed by atoms with Gasteiger partial charge in [0.2, 0.25) is 0 Å². The van der Waals surface area contributed by atoms with E-state index in [1.807, 2.05) is 10.9 Å². The maximum atomic E-state index is 12.2. The van der Waals surface area contributed by atoms with Crippen molar-refractivity contribution in [2.75, 3.05) is 0 Å². The molecule has 0 aliphatic heterocycles. The van der Waals surface area contributed by atoms with E-state index in [1.54, 1.807) is 12.1 Å². The number of nitrogens with zero attached hydrogens (tertiary/aromatic N) is 1. The number of hydrogen-bond acceptors (Lipinski definition) is 5. The zero-order chi connectivity index (χ0) is 16.4. The Kier molecular flexibility index (Phi) is 4.17. The van der Waals surface area contributed by atoms with Crippen molar-refractivity contribution in [1.82, 2.24) is 10.3 Å². The molecule has 0 spiro atoms. The van der Waals surface area contributed by atoms with Crippen molar-refractivity contribution in [2.45, 2.75) is 24.2 Å². The summed E-state index contributed by atoms with van der Waals surface area (Å²) in [6.07, 6.45) is 3.02. The number of carbonyl (C=O) groups excluding carboxylic acids is 1. The number of rotatable bonds is 4. The lowest BCUT2D eigenvalue weighted by atomic mass is 10.2. The van der Waals surface area contributed by atoms with Crippen molar-refractivity contribution in [3.63, 3.8) is 0 Å². The number of sulfonamides is 1. The van der Waals surface area contributed by atoms with Crippen LogP contribution in [0.5, 0.6) is 0 Å². The number of hydrogen-bond donors (Lipinski definition) is 2. The smallest absolute Gasteiger partial charge is 0.273 e. The summed E-state index contributed by atoms with van der Waals surface area (Å²) >= 11 is 1.38. The Bertz CT molecular complexity index is 889. The van der Waals surface area contributed by atoms with Gasteiger partial charge in [0.25, 0.3) is 15.9 Å². The van der Waals surface area contributed by atoms with Gasteiger partial charge in [-0.1, -0.05) is 12.1 Å². The van der Waals surface area contributed by atoms with E-state index in [9.17, 15) is 13.2 Å². The number of thiophene rings is 1. The Hall–Kier alpha value is -2.21. The van der Waals surface area contributed by atoms with Crippen molar-refractivity contribution < 1.29 is 13.2 Å². The number of nitrogens with one attached hydrogen (secondary N) is 2. The Morgan fingerprint density at radius 1 is 1.26 bits per heavy atom. The van der Waals surface area contributed by atoms with Crippen LogP contribution < -0.4 is 10.3 Å². The molecule has 0 atom stereocenters. The standard InChI is InChI=1S/C15H13N3O3S2/c16-9-11-4-1-2-7-14(11)23(20,21)18-17-15(19)13-8-10-5-3-6-12(10)22-13/h1-2,4,7-8,18H,3,5-6H2,(H,17,19). The maximum absolute atomic E-state index is 12.2. The number of aryl methyl sites for hydroxylation is 2. The molecule has 2 aromatic rings. The van der Waals surface area contributed by atoms with E-state index in [2.05, 4.69) is 5.43 Å². The molecule has 0 fully saturated rings. The Labute approximate surface area is 137 Å². The van der Waals surface area contributed by atoms with E-state index in [0.29, 0.717) is 4.88 Å². The van der Waals surface area contributed by atoms with Crippen LogP contribution in [0.25, 0.3) is 0 Å². The normalized spacial score (nSPS) is 13.3. The first kappa shape index (κ1) is 15.7. The zero-order valence-corrected chi connectivity index (χ0v) is 13.6. The van der Waals surface area contributed by atoms with E-state index < -0.39 is 15.9 Å². The van der Waals surface area contributed by atoms with E-state index >= 15 is 0 Å². The van der Waals surface area contributed by atoms with Gasteiger partial charge in [0.05, 0.1) is 10.4 Å². The van der Waals surface area contributed by atoms with Gasteiger partial charge in [0, 0.05) is 4.88 Å². The molecule has 1 heterocycles. The predicted octanol–water partition coefficient (Wildman–Crippen LogP) is 1.73. The fourth-order valence-electron chi connectivity index (χ4n) is 2.46. The molecule has 1 aromatic heterocycles. The Morgan fingerprint density at radius 2 is 2.04 bits per heavy atom. The second-order valence-electron chi connectivity index (χ2n) is 5.08. The van der Waals surface area contributed by atoms with Crippen molar-refractivity contribution in [2.24, 2.45) is 0 Å². The fraction of sp³-hybridized carbons (Fsp3) is 0.200. The molecule has 0 unspecified atom stereocenters. The number of carbonyl (C=O) groups is 1.